The molecular formula is C12H14N2O2. The molecule has 1 aromatic carbocycles. The van der Waals surface area contributed by atoms with E-state index in [1.165, 1.54) is 17.5 Å². The highest BCUT2D eigenvalue weighted by Gasteiger charge is 2.33. The summed E-state index contributed by atoms with van der Waals surface area (Å²) in [6.07, 6.45) is 0. The van der Waals surface area contributed by atoms with E-state index in [9.17, 15) is 9.59 Å². The van der Waals surface area contributed by atoms with Gasteiger partial charge in [0.2, 0.25) is 5.91 Å². The van der Waals surface area contributed by atoms with Gasteiger partial charge < -0.3 is 0 Å². The van der Waals surface area contributed by atoms with Gasteiger partial charge in [0.1, 0.15) is 6.54 Å². The maximum absolute atomic E-state index is 11.7. The molecule has 1 saturated heterocycles. The summed E-state index contributed by atoms with van der Waals surface area (Å²) in [5.41, 5.74) is 3.08. The van der Waals surface area contributed by atoms with E-state index in [2.05, 4.69) is 0 Å². The van der Waals surface area contributed by atoms with Gasteiger partial charge in [0.15, 0.2) is 0 Å². The van der Waals surface area contributed by atoms with Crippen LogP contribution in [0.15, 0.2) is 18.2 Å². The van der Waals surface area contributed by atoms with Crippen molar-refractivity contribution in [3.05, 3.63) is 29.3 Å². The number of carbonyl (C=O) groups is 2. The van der Waals surface area contributed by atoms with Crippen LogP contribution in [0.2, 0.25) is 0 Å². The molecule has 0 spiro atoms. The second-order valence-electron chi connectivity index (χ2n) is 4.09. The summed E-state index contributed by atoms with van der Waals surface area (Å²) in [5.74, 6) is -0.164. The third-order valence-electron chi connectivity index (χ3n) is 2.99. The number of anilines is 1. The molecule has 1 heterocycles. The van der Waals surface area contributed by atoms with Gasteiger partial charge in [-0.3, -0.25) is 14.6 Å². The van der Waals surface area contributed by atoms with E-state index in [0.717, 1.165) is 16.2 Å². The van der Waals surface area contributed by atoms with Gasteiger partial charge in [-0.05, 0) is 37.1 Å². The fourth-order valence-corrected chi connectivity index (χ4v) is 1.69. The molecule has 0 saturated carbocycles. The number of imide groups is 1. The van der Waals surface area contributed by atoms with E-state index < -0.39 is 0 Å². The van der Waals surface area contributed by atoms with Gasteiger partial charge in [-0.1, -0.05) is 6.07 Å². The zero-order chi connectivity index (χ0) is 11.9. The zero-order valence-corrected chi connectivity index (χ0v) is 9.65. The van der Waals surface area contributed by atoms with Crippen LogP contribution < -0.4 is 4.90 Å². The van der Waals surface area contributed by atoms with E-state index >= 15 is 0 Å². The second-order valence-corrected chi connectivity index (χ2v) is 4.09. The Hall–Kier alpha value is -1.84. The van der Waals surface area contributed by atoms with Crippen molar-refractivity contribution in [2.75, 3.05) is 18.5 Å². The van der Waals surface area contributed by atoms with E-state index in [1.807, 2.05) is 32.0 Å². The Morgan fingerprint density at radius 1 is 1.12 bits per heavy atom. The number of nitrogens with zero attached hydrogens (tertiary/aromatic N) is 2. The number of rotatable bonds is 1. The molecule has 0 N–H and O–H groups in total. The molecular weight excluding hydrogens is 204 g/mol. The number of benzene rings is 1. The highest BCUT2D eigenvalue weighted by atomic mass is 16.2. The lowest BCUT2D eigenvalue weighted by molar-refractivity contribution is -0.123. The molecule has 4 nitrogen and oxygen atoms in total. The number of carbonyl (C=O) groups excluding carboxylic acids is 2. The summed E-state index contributed by atoms with van der Waals surface area (Å²) >= 11 is 0. The van der Waals surface area contributed by atoms with Crippen LogP contribution in [-0.2, 0) is 4.79 Å². The van der Waals surface area contributed by atoms with Crippen LogP contribution in [-0.4, -0.2) is 30.4 Å². The molecule has 0 aromatic heterocycles. The van der Waals surface area contributed by atoms with Crippen molar-refractivity contribution in [1.82, 2.24) is 4.90 Å². The first-order valence-corrected chi connectivity index (χ1v) is 5.16. The minimum absolute atomic E-state index is 0.137. The third-order valence-corrected chi connectivity index (χ3v) is 2.99. The van der Waals surface area contributed by atoms with E-state index in [4.69, 9.17) is 0 Å². The summed E-state index contributed by atoms with van der Waals surface area (Å²) in [5, 5.41) is 0. The molecule has 1 fully saturated rings. The first-order valence-electron chi connectivity index (χ1n) is 5.16. The summed E-state index contributed by atoms with van der Waals surface area (Å²) in [7, 11) is 1.51. The average molecular weight is 218 g/mol. The number of urea groups is 1. The van der Waals surface area contributed by atoms with Crippen LogP contribution in [0.3, 0.4) is 0 Å². The monoisotopic (exact) mass is 218 g/mol. The fraction of sp³-hybridized carbons (Fsp3) is 0.333. The van der Waals surface area contributed by atoms with Gasteiger partial charge in [-0.25, -0.2) is 4.79 Å². The Labute approximate surface area is 94.5 Å². The van der Waals surface area contributed by atoms with Crippen molar-refractivity contribution in [2.24, 2.45) is 0 Å². The molecule has 1 aliphatic heterocycles. The van der Waals surface area contributed by atoms with Gasteiger partial charge in [-0.2, -0.15) is 0 Å². The molecule has 1 aliphatic rings. The first-order chi connectivity index (χ1) is 7.50. The average Bonchev–Trinajstić information content (AvgIpc) is 2.50. The summed E-state index contributed by atoms with van der Waals surface area (Å²) in [6.45, 7) is 4.14. The molecule has 0 unspecified atom stereocenters. The molecule has 0 radical (unpaired) electrons. The van der Waals surface area contributed by atoms with Crippen molar-refractivity contribution in [3.8, 4) is 0 Å². The molecule has 0 bridgehead atoms. The SMILES string of the molecule is Cc1ccc(N2CC(=O)N(C)C2=O)cc1C. The van der Waals surface area contributed by atoms with Gasteiger partial charge in [0.05, 0.1) is 0 Å². The Morgan fingerprint density at radius 3 is 2.31 bits per heavy atom. The van der Waals surface area contributed by atoms with Gasteiger partial charge in [0.25, 0.3) is 0 Å². The lowest BCUT2D eigenvalue weighted by Crippen LogP contribution is -2.29. The van der Waals surface area contributed by atoms with Crippen LogP contribution in [0.5, 0.6) is 0 Å². The quantitative estimate of drug-likeness (QED) is 0.673. The molecule has 4 heteroatoms. The molecule has 1 aromatic rings. The van der Waals surface area contributed by atoms with Gasteiger partial charge >= 0.3 is 6.03 Å². The number of amides is 3. The van der Waals surface area contributed by atoms with Crippen molar-refractivity contribution < 1.29 is 9.59 Å². The lowest BCUT2D eigenvalue weighted by atomic mass is 10.1. The fourth-order valence-electron chi connectivity index (χ4n) is 1.69. The minimum atomic E-state index is -0.256. The van der Waals surface area contributed by atoms with Gasteiger partial charge in [-0.15, -0.1) is 0 Å². The maximum atomic E-state index is 11.7. The maximum Gasteiger partial charge on any atom is 0.331 e. The molecule has 84 valence electrons. The lowest BCUT2D eigenvalue weighted by Gasteiger charge is -2.15. The predicted molar refractivity (Wildman–Crippen MR) is 61.4 cm³/mol. The number of likely N-dealkylation sites (N-methyl/N-ethyl adjacent to an activating group) is 1. The van der Waals surface area contributed by atoms with E-state index in [0.29, 0.717) is 0 Å². The zero-order valence-electron chi connectivity index (χ0n) is 9.65. The largest absolute Gasteiger partial charge is 0.331 e. The number of hydrogen-bond donors (Lipinski definition) is 0. The minimum Gasteiger partial charge on any atom is -0.285 e. The Morgan fingerprint density at radius 2 is 1.81 bits per heavy atom. The van der Waals surface area contributed by atoms with Crippen LogP contribution in [0, 0.1) is 13.8 Å². The topological polar surface area (TPSA) is 40.6 Å². The molecule has 2 rings (SSSR count). The summed E-state index contributed by atoms with van der Waals surface area (Å²) in [6, 6.07) is 5.50. The van der Waals surface area contributed by atoms with Crippen LogP contribution in [0.1, 0.15) is 11.1 Å². The first kappa shape index (κ1) is 10.7. The summed E-state index contributed by atoms with van der Waals surface area (Å²) < 4.78 is 0. The summed E-state index contributed by atoms with van der Waals surface area (Å²) in [4.78, 5) is 25.8. The van der Waals surface area contributed by atoms with E-state index in [-0.39, 0.29) is 18.5 Å². The Kier molecular flexibility index (Phi) is 2.42. The van der Waals surface area contributed by atoms with Crippen LogP contribution in [0.4, 0.5) is 10.5 Å². The smallest absolute Gasteiger partial charge is 0.285 e. The normalized spacial score (nSPS) is 16.2. The molecule has 16 heavy (non-hydrogen) atoms. The molecule has 3 amide bonds. The van der Waals surface area contributed by atoms with Crippen molar-refractivity contribution in [2.45, 2.75) is 13.8 Å². The highest BCUT2D eigenvalue weighted by Crippen LogP contribution is 2.22. The highest BCUT2D eigenvalue weighted by molar-refractivity contribution is 6.11. The molecule has 0 atom stereocenters. The van der Waals surface area contributed by atoms with E-state index in [1.54, 1.807) is 0 Å². The number of aryl methyl sites for hydroxylation is 2. The van der Waals surface area contributed by atoms with Crippen LogP contribution >= 0.6 is 0 Å². The molecule has 0 aliphatic carbocycles. The van der Waals surface area contributed by atoms with Crippen molar-refractivity contribution >= 4 is 17.6 Å². The van der Waals surface area contributed by atoms with Crippen molar-refractivity contribution in [3.63, 3.8) is 0 Å². The van der Waals surface area contributed by atoms with Crippen molar-refractivity contribution in [1.29, 1.82) is 0 Å². The predicted octanol–water partition coefficient (Wildman–Crippen LogP) is 1.70. The Balaban J connectivity index is 2.35. The number of hydrogen-bond acceptors (Lipinski definition) is 2. The standard InChI is InChI=1S/C12H14N2O2/c1-8-4-5-10(6-9(8)2)14-7-11(15)13(3)12(14)16/h4-6H,7H2,1-3H3. The third kappa shape index (κ3) is 1.56. The Bertz CT molecular complexity index is 468. The van der Waals surface area contributed by atoms with Crippen LogP contribution in [0.25, 0.3) is 0 Å². The van der Waals surface area contributed by atoms with Gasteiger partial charge in [0, 0.05) is 12.7 Å². The second kappa shape index (κ2) is 3.63.